The highest BCUT2D eigenvalue weighted by atomic mass is 16.2. The average Bonchev–Trinajstić information content (AvgIpc) is 2.90. The Morgan fingerprint density at radius 1 is 1.07 bits per heavy atom. The summed E-state index contributed by atoms with van der Waals surface area (Å²) < 4.78 is 0. The van der Waals surface area contributed by atoms with Crippen molar-refractivity contribution in [1.82, 2.24) is 20.9 Å². The van der Waals surface area contributed by atoms with Crippen molar-refractivity contribution in [1.29, 1.82) is 0 Å². The van der Waals surface area contributed by atoms with Crippen LogP contribution in [0.5, 0.6) is 0 Å². The van der Waals surface area contributed by atoms with Crippen molar-refractivity contribution in [2.24, 2.45) is 0 Å². The summed E-state index contributed by atoms with van der Waals surface area (Å²) in [5.74, 6) is -1.92. The fourth-order valence-electron chi connectivity index (χ4n) is 3.43. The van der Waals surface area contributed by atoms with Crippen LogP contribution in [0.3, 0.4) is 0 Å². The van der Waals surface area contributed by atoms with E-state index in [2.05, 4.69) is 22.9 Å². The lowest BCUT2D eigenvalue weighted by atomic mass is 10.0. The summed E-state index contributed by atoms with van der Waals surface area (Å²) in [6.07, 6.45) is 1.34. The standard InChI is InChI=1S/C19H24N4O4/c1-2-8-20-9-10-21-11-12-4-3-5-13-16(12)19(27)23(18(13)26)14-6-7-15(24)22-17(14)25/h3-5,14,20-21H,2,6-11H2,1H3,(H,22,24,25). The fourth-order valence-corrected chi connectivity index (χ4v) is 3.43. The van der Waals surface area contributed by atoms with E-state index in [1.54, 1.807) is 12.1 Å². The summed E-state index contributed by atoms with van der Waals surface area (Å²) in [4.78, 5) is 50.1. The van der Waals surface area contributed by atoms with Crippen LogP contribution in [0.15, 0.2) is 18.2 Å². The van der Waals surface area contributed by atoms with Crippen LogP contribution in [-0.4, -0.2) is 54.2 Å². The summed E-state index contributed by atoms with van der Waals surface area (Å²) >= 11 is 0. The molecule has 27 heavy (non-hydrogen) atoms. The van der Waals surface area contributed by atoms with Gasteiger partial charge in [0.1, 0.15) is 6.04 Å². The van der Waals surface area contributed by atoms with Gasteiger partial charge in [-0.05, 0) is 31.0 Å². The number of hydrogen-bond acceptors (Lipinski definition) is 6. The molecule has 0 saturated carbocycles. The largest absolute Gasteiger partial charge is 0.315 e. The summed E-state index contributed by atoms with van der Waals surface area (Å²) in [6, 6.07) is 4.22. The van der Waals surface area contributed by atoms with Crippen LogP contribution in [0, 0.1) is 0 Å². The van der Waals surface area contributed by atoms with Gasteiger partial charge in [-0.3, -0.25) is 29.4 Å². The third-order valence-electron chi connectivity index (χ3n) is 4.78. The van der Waals surface area contributed by atoms with Crippen molar-refractivity contribution in [2.75, 3.05) is 19.6 Å². The van der Waals surface area contributed by atoms with Crippen molar-refractivity contribution in [3.05, 3.63) is 34.9 Å². The molecule has 8 heteroatoms. The number of rotatable bonds is 8. The molecule has 0 aromatic heterocycles. The molecule has 144 valence electrons. The Morgan fingerprint density at radius 3 is 2.59 bits per heavy atom. The first kappa shape index (κ1) is 19.2. The SMILES string of the molecule is CCCNCCNCc1cccc2c1C(=O)N(C1CCC(=O)NC1=O)C2=O. The number of carbonyl (C=O) groups is 4. The number of carbonyl (C=O) groups excluding carboxylic acids is 4. The average molecular weight is 372 g/mol. The molecule has 0 radical (unpaired) electrons. The van der Waals surface area contributed by atoms with E-state index in [-0.39, 0.29) is 18.7 Å². The van der Waals surface area contributed by atoms with Crippen LogP contribution in [0.1, 0.15) is 52.5 Å². The molecule has 0 spiro atoms. The first-order chi connectivity index (χ1) is 13.0. The molecule has 0 bridgehead atoms. The molecule has 4 amide bonds. The number of fused-ring (bicyclic) bond motifs is 1. The first-order valence-corrected chi connectivity index (χ1v) is 9.29. The molecule has 2 aliphatic rings. The second-order valence-corrected chi connectivity index (χ2v) is 6.71. The van der Waals surface area contributed by atoms with Gasteiger partial charge in [-0.15, -0.1) is 0 Å². The summed E-state index contributed by atoms with van der Waals surface area (Å²) in [5, 5.41) is 8.75. The van der Waals surface area contributed by atoms with Gasteiger partial charge in [-0.2, -0.15) is 0 Å². The van der Waals surface area contributed by atoms with E-state index in [4.69, 9.17) is 0 Å². The van der Waals surface area contributed by atoms with Gasteiger partial charge < -0.3 is 10.6 Å². The van der Waals surface area contributed by atoms with Crippen molar-refractivity contribution in [2.45, 2.75) is 38.8 Å². The van der Waals surface area contributed by atoms with E-state index in [0.717, 1.165) is 36.5 Å². The zero-order valence-corrected chi connectivity index (χ0v) is 15.3. The molecule has 8 nitrogen and oxygen atoms in total. The number of hydrogen-bond donors (Lipinski definition) is 3. The van der Waals surface area contributed by atoms with E-state index in [0.29, 0.717) is 17.7 Å². The van der Waals surface area contributed by atoms with Gasteiger partial charge in [0.25, 0.3) is 11.8 Å². The van der Waals surface area contributed by atoms with Crippen molar-refractivity contribution in [3.63, 3.8) is 0 Å². The molecule has 1 unspecified atom stereocenters. The highest BCUT2D eigenvalue weighted by Crippen LogP contribution is 2.29. The molecule has 2 aliphatic heterocycles. The van der Waals surface area contributed by atoms with E-state index < -0.39 is 23.8 Å². The molecule has 1 aromatic rings. The third-order valence-corrected chi connectivity index (χ3v) is 4.78. The van der Waals surface area contributed by atoms with Crippen LogP contribution in [0.25, 0.3) is 0 Å². The minimum absolute atomic E-state index is 0.114. The van der Waals surface area contributed by atoms with Crippen molar-refractivity contribution >= 4 is 23.6 Å². The molecule has 2 heterocycles. The van der Waals surface area contributed by atoms with Gasteiger partial charge in [-0.1, -0.05) is 19.1 Å². The highest BCUT2D eigenvalue weighted by molar-refractivity contribution is 6.24. The summed E-state index contributed by atoms with van der Waals surface area (Å²) in [5.41, 5.74) is 1.39. The second kappa shape index (κ2) is 8.41. The zero-order chi connectivity index (χ0) is 19.4. The zero-order valence-electron chi connectivity index (χ0n) is 15.3. The smallest absolute Gasteiger partial charge is 0.262 e. The molecule has 1 fully saturated rings. The van der Waals surface area contributed by atoms with Gasteiger partial charge in [-0.25, -0.2) is 0 Å². The van der Waals surface area contributed by atoms with Gasteiger partial charge in [0.05, 0.1) is 11.1 Å². The maximum atomic E-state index is 12.9. The Bertz CT molecular complexity index is 777. The van der Waals surface area contributed by atoms with E-state index in [1.807, 2.05) is 6.07 Å². The van der Waals surface area contributed by atoms with Gasteiger partial charge in [0, 0.05) is 26.1 Å². The number of nitrogens with zero attached hydrogens (tertiary/aromatic N) is 1. The molecular formula is C19H24N4O4. The lowest BCUT2D eigenvalue weighted by molar-refractivity contribution is -0.136. The Balaban J connectivity index is 1.72. The Morgan fingerprint density at radius 2 is 1.85 bits per heavy atom. The van der Waals surface area contributed by atoms with Crippen LogP contribution in [0.4, 0.5) is 0 Å². The summed E-state index contributed by atoms with van der Waals surface area (Å²) in [7, 11) is 0. The quantitative estimate of drug-likeness (QED) is 0.444. The first-order valence-electron chi connectivity index (χ1n) is 9.29. The fraction of sp³-hybridized carbons (Fsp3) is 0.474. The van der Waals surface area contributed by atoms with E-state index in [9.17, 15) is 19.2 Å². The molecule has 0 aliphatic carbocycles. The van der Waals surface area contributed by atoms with Gasteiger partial charge in [0.15, 0.2) is 0 Å². The van der Waals surface area contributed by atoms with Crippen LogP contribution in [-0.2, 0) is 16.1 Å². The topological polar surface area (TPSA) is 108 Å². The molecule has 1 atom stereocenters. The van der Waals surface area contributed by atoms with Crippen LogP contribution in [0.2, 0.25) is 0 Å². The lowest BCUT2D eigenvalue weighted by Gasteiger charge is -2.27. The minimum Gasteiger partial charge on any atom is -0.315 e. The molecule has 1 saturated heterocycles. The van der Waals surface area contributed by atoms with Crippen molar-refractivity contribution in [3.8, 4) is 0 Å². The monoisotopic (exact) mass is 372 g/mol. The number of nitrogens with one attached hydrogen (secondary N) is 3. The molecular weight excluding hydrogens is 348 g/mol. The molecule has 1 aromatic carbocycles. The van der Waals surface area contributed by atoms with Crippen LogP contribution < -0.4 is 16.0 Å². The number of imide groups is 2. The minimum atomic E-state index is -0.936. The number of piperidine rings is 1. The van der Waals surface area contributed by atoms with E-state index in [1.165, 1.54) is 0 Å². The molecule has 3 N–H and O–H groups in total. The maximum absolute atomic E-state index is 12.9. The summed E-state index contributed by atoms with van der Waals surface area (Å²) in [6.45, 7) is 5.07. The van der Waals surface area contributed by atoms with Gasteiger partial charge >= 0.3 is 0 Å². The normalized spacial score (nSPS) is 19.4. The number of benzene rings is 1. The number of amides is 4. The Labute approximate surface area is 157 Å². The van der Waals surface area contributed by atoms with E-state index >= 15 is 0 Å². The lowest BCUT2D eigenvalue weighted by Crippen LogP contribution is -2.54. The Hall–Kier alpha value is -2.58. The Kier molecular flexibility index (Phi) is 5.98. The van der Waals surface area contributed by atoms with Crippen LogP contribution >= 0.6 is 0 Å². The predicted molar refractivity (Wildman–Crippen MR) is 98.0 cm³/mol. The molecule has 3 rings (SSSR count). The highest BCUT2D eigenvalue weighted by Gasteiger charge is 2.45. The second-order valence-electron chi connectivity index (χ2n) is 6.71. The van der Waals surface area contributed by atoms with Crippen molar-refractivity contribution < 1.29 is 19.2 Å². The van der Waals surface area contributed by atoms with Gasteiger partial charge in [0.2, 0.25) is 11.8 Å². The third kappa shape index (κ3) is 3.91. The maximum Gasteiger partial charge on any atom is 0.262 e. The predicted octanol–water partition coefficient (Wildman–Crippen LogP) is 0.177.